The molecule has 0 spiro atoms. The Morgan fingerprint density at radius 1 is 1.00 bits per heavy atom. The molecule has 0 fully saturated rings. The maximum Gasteiger partial charge on any atom is 0.294 e. The molecule has 1 aromatic heterocycles. The number of ether oxygens (including phenoxy) is 2. The van der Waals surface area contributed by atoms with E-state index in [4.69, 9.17) is 13.9 Å². The topological polar surface area (TPSA) is 89.2 Å². The number of hydrogen-bond acceptors (Lipinski definition) is 6. The van der Waals surface area contributed by atoms with Gasteiger partial charge in [0, 0.05) is 11.1 Å². The fourth-order valence-electron chi connectivity index (χ4n) is 4.48. The molecule has 5 rings (SSSR count). The molecule has 4 aromatic rings. The maximum atomic E-state index is 13.8. The molecule has 2 heterocycles. The lowest BCUT2D eigenvalue weighted by atomic mass is 9.94. The number of aliphatic hydroxyl groups is 1. The van der Waals surface area contributed by atoms with Gasteiger partial charge >= 0.3 is 0 Å². The molecule has 7 nitrogen and oxygen atoms in total. The predicted octanol–water partition coefficient (Wildman–Crippen LogP) is 6.01. The Morgan fingerprint density at radius 2 is 1.75 bits per heavy atom. The van der Waals surface area contributed by atoms with Gasteiger partial charge in [0.1, 0.15) is 5.75 Å². The number of carbonyl (C=O) groups is 2. The average molecular weight is 484 g/mol. The van der Waals surface area contributed by atoms with Crippen molar-refractivity contribution in [3.05, 3.63) is 102 Å². The molecule has 1 amide bonds. The second-order valence-electron chi connectivity index (χ2n) is 8.73. The molecule has 182 valence electrons. The highest BCUT2D eigenvalue weighted by atomic mass is 16.5. The number of fused-ring (bicyclic) bond motifs is 1. The van der Waals surface area contributed by atoms with Crippen LogP contribution in [0.15, 0.2) is 94.6 Å². The summed E-state index contributed by atoms with van der Waals surface area (Å²) in [7, 11) is 1.52. The van der Waals surface area contributed by atoms with Crippen molar-refractivity contribution in [1.82, 2.24) is 0 Å². The van der Waals surface area contributed by atoms with Crippen molar-refractivity contribution in [1.29, 1.82) is 0 Å². The van der Waals surface area contributed by atoms with Crippen molar-refractivity contribution in [2.24, 2.45) is 0 Å². The zero-order valence-corrected chi connectivity index (χ0v) is 20.1. The number of Topliss-reactive ketones (excluding diaryl/α,β-unsaturated/α-hetero) is 1. The number of amides is 1. The van der Waals surface area contributed by atoms with Gasteiger partial charge in [0.15, 0.2) is 22.9 Å². The third kappa shape index (κ3) is 3.98. The molecule has 1 atom stereocenters. The van der Waals surface area contributed by atoms with E-state index in [2.05, 4.69) is 0 Å². The summed E-state index contributed by atoms with van der Waals surface area (Å²) in [6.45, 7) is 3.83. The number of nitrogens with zero attached hydrogens (tertiary/aromatic N) is 1. The van der Waals surface area contributed by atoms with Gasteiger partial charge in [-0.2, -0.15) is 0 Å². The van der Waals surface area contributed by atoms with Crippen molar-refractivity contribution < 1.29 is 28.6 Å². The van der Waals surface area contributed by atoms with Gasteiger partial charge in [0.2, 0.25) is 5.78 Å². The lowest BCUT2D eigenvalue weighted by Gasteiger charge is -2.27. The molecule has 1 unspecified atom stereocenters. The van der Waals surface area contributed by atoms with Crippen LogP contribution in [-0.4, -0.2) is 30.0 Å². The number of ketones is 1. The molecule has 1 aliphatic rings. The zero-order chi connectivity index (χ0) is 25.4. The van der Waals surface area contributed by atoms with Crippen LogP contribution < -0.4 is 14.4 Å². The van der Waals surface area contributed by atoms with Gasteiger partial charge in [-0.1, -0.05) is 42.5 Å². The van der Waals surface area contributed by atoms with Gasteiger partial charge in [-0.15, -0.1) is 0 Å². The van der Waals surface area contributed by atoms with E-state index in [-0.39, 0.29) is 17.4 Å². The second-order valence-corrected chi connectivity index (χ2v) is 8.73. The number of hydrogen-bond donors (Lipinski definition) is 1. The number of benzene rings is 3. The van der Waals surface area contributed by atoms with Gasteiger partial charge in [-0.25, -0.2) is 0 Å². The highest BCUT2D eigenvalue weighted by Crippen LogP contribution is 2.43. The van der Waals surface area contributed by atoms with Gasteiger partial charge in [-0.05, 0) is 55.8 Å². The van der Waals surface area contributed by atoms with Crippen molar-refractivity contribution in [2.75, 3.05) is 12.0 Å². The van der Waals surface area contributed by atoms with Crippen LogP contribution in [0.5, 0.6) is 11.5 Å². The fourth-order valence-corrected chi connectivity index (χ4v) is 4.48. The van der Waals surface area contributed by atoms with Crippen LogP contribution in [0.3, 0.4) is 0 Å². The Labute approximate surface area is 208 Å². The first-order valence-corrected chi connectivity index (χ1v) is 11.6. The summed E-state index contributed by atoms with van der Waals surface area (Å²) in [5.74, 6) is -0.797. The molecule has 1 aliphatic heterocycles. The van der Waals surface area contributed by atoms with E-state index in [1.54, 1.807) is 66.7 Å². The number of methoxy groups -OCH3 is 1. The van der Waals surface area contributed by atoms with E-state index in [9.17, 15) is 14.7 Å². The second kappa shape index (κ2) is 9.26. The first kappa shape index (κ1) is 23.2. The van der Waals surface area contributed by atoms with E-state index in [1.165, 1.54) is 12.0 Å². The van der Waals surface area contributed by atoms with Crippen LogP contribution in [0.4, 0.5) is 5.69 Å². The minimum Gasteiger partial charge on any atom is -0.503 e. The summed E-state index contributed by atoms with van der Waals surface area (Å²) in [4.78, 5) is 28.6. The molecule has 36 heavy (non-hydrogen) atoms. The lowest BCUT2D eigenvalue weighted by Crippen LogP contribution is -2.31. The first-order valence-electron chi connectivity index (χ1n) is 11.6. The van der Waals surface area contributed by atoms with Gasteiger partial charge in [0.25, 0.3) is 5.91 Å². The number of rotatable bonds is 7. The van der Waals surface area contributed by atoms with Crippen LogP contribution in [-0.2, 0) is 4.79 Å². The van der Waals surface area contributed by atoms with Crippen molar-refractivity contribution in [3.8, 4) is 11.5 Å². The number of para-hydroxylation sites is 2. The SMILES string of the molecule is COc1cccc2cc(C(=O)C3=C(O)C(=O)N(c4ccccc4)C3c3cccc(OC(C)C)c3)oc12. The predicted molar refractivity (Wildman–Crippen MR) is 136 cm³/mol. The summed E-state index contributed by atoms with van der Waals surface area (Å²) in [5, 5.41) is 11.7. The van der Waals surface area contributed by atoms with E-state index in [0.717, 1.165) is 0 Å². The molecular weight excluding hydrogens is 458 g/mol. The minimum absolute atomic E-state index is 0.00153. The molecule has 0 saturated heterocycles. The molecule has 0 bridgehead atoms. The standard InChI is InChI=1S/C29H25NO6/c1-17(2)35-21-13-7-9-18(15-21)25-24(27(32)29(33)30(25)20-11-5-4-6-12-20)26(31)23-16-19-10-8-14-22(34-3)28(19)36-23/h4-17,25,32H,1-3H3. The Morgan fingerprint density at radius 3 is 2.47 bits per heavy atom. The number of aliphatic hydroxyl groups excluding tert-OH is 1. The van der Waals surface area contributed by atoms with Crippen molar-refractivity contribution in [2.45, 2.75) is 26.0 Å². The van der Waals surface area contributed by atoms with Crippen LogP contribution in [0.2, 0.25) is 0 Å². The number of anilines is 1. The van der Waals surface area contributed by atoms with Crippen LogP contribution in [0.1, 0.15) is 36.0 Å². The monoisotopic (exact) mass is 483 g/mol. The average Bonchev–Trinajstić information content (AvgIpc) is 3.43. The van der Waals surface area contributed by atoms with E-state index in [0.29, 0.717) is 33.7 Å². The number of furan rings is 1. The molecule has 0 aliphatic carbocycles. The molecule has 1 N–H and O–H groups in total. The van der Waals surface area contributed by atoms with Gasteiger partial charge < -0.3 is 19.0 Å². The highest BCUT2D eigenvalue weighted by Gasteiger charge is 2.45. The summed E-state index contributed by atoms with van der Waals surface area (Å²) >= 11 is 0. The smallest absolute Gasteiger partial charge is 0.294 e. The first-order chi connectivity index (χ1) is 17.4. The van der Waals surface area contributed by atoms with E-state index >= 15 is 0 Å². The molecule has 7 heteroatoms. The Bertz CT molecular complexity index is 1480. The third-order valence-electron chi connectivity index (χ3n) is 5.98. The minimum atomic E-state index is -0.891. The summed E-state index contributed by atoms with van der Waals surface area (Å²) in [6, 6.07) is 22.1. The fraction of sp³-hybridized carbons (Fsp3) is 0.172. The van der Waals surface area contributed by atoms with E-state index < -0.39 is 23.5 Å². The number of carbonyl (C=O) groups excluding carboxylic acids is 2. The molecule has 3 aromatic carbocycles. The molecular formula is C29H25NO6. The van der Waals surface area contributed by atoms with Crippen molar-refractivity contribution >= 4 is 28.3 Å². The summed E-state index contributed by atoms with van der Waals surface area (Å²) in [6.07, 6.45) is -0.0636. The van der Waals surface area contributed by atoms with E-state index in [1.807, 2.05) is 26.0 Å². The molecule has 0 saturated carbocycles. The Kier molecular flexibility index (Phi) is 5.98. The normalized spacial score (nSPS) is 15.7. The third-order valence-corrected chi connectivity index (χ3v) is 5.98. The maximum absolute atomic E-state index is 13.8. The quantitative estimate of drug-likeness (QED) is 0.324. The van der Waals surface area contributed by atoms with Crippen LogP contribution in [0, 0.1) is 0 Å². The largest absolute Gasteiger partial charge is 0.503 e. The summed E-state index contributed by atoms with van der Waals surface area (Å²) in [5.41, 5.74) is 1.51. The van der Waals surface area contributed by atoms with Crippen LogP contribution >= 0.6 is 0 Å². The van der Waals surface area contributed by atoms with Gasteiger partial charge in [0.05, 0.1) is 24.8 Å². The Balaban J connectivity index is 1.65. The summed E-state index contributed by atoms with van der Waals surface area (Å²) < 4.78 is 17.1. The zero-order valence-electron chi connectivity index (χ0n) is 20.1. The Hall–Kier alpha value is -4.52. The molecule has 0 radical (unpaired) electrons. The van der Waals surface area contributed by atoms with Crippen LogP contribution in [0.25, 0.3) is 11.0 Å². The lowest BCUT2D eigenvalue weighted by molar-refractivity contribution is -0.117. The van der Waals surface area contributed by atoms with Gasteiger partial charge in [-0.3, -0.25) is 14.5 Å². The highest BCUT2D eigenvalue weighted by molar-refractivity contribution is 6.20. The van der Waals surface area contributed by atoms with Crippen molar-refractivity contribution in [3.63, 3.8) is 0 Å².